The van der Waals surface area contributed by atoms with Crippen LogP contribution in [0, 0.1) is 6.92 Å². The van der Waals surface area contributed by atoms with Gasteiger partial charge in [-0.25, -0.2) is 9.97 Å². The highest BCUT2D eigenvalue weighted by molar-refractivity contribution is 9.10. The van der Waals surface area contributed by atoms with Gasteiger partial charge in [-0.05, 0) is 36.8 Å². The van der Waals surface area contributed by atoms with Gasteiger partial charge < -0.3 is 5.73 Å². The molecule has 5 heteroatoms. The van der Waals surface area contributed by atoms with E-state index < -0.39 is 0 Å². The number of hydrogen-bond acceptors (Lipinski definition) is 3. The number of nitrogen functional groups attached to an aromatic ring is 1. The third kappa shape index (κ3) is 2.25. The maximum Gasteiger partial charge on any atom is 0.163 e. The lowest BCUT2D eigenvalue weighted by Gasteiger charge is -2.09. The number of rotatable bonds is 1. The van der Waals surface area contributed by atoms with Crippen molar-refractivity contribution in [3.63, 3.8) is 0 Å². The van der Waals surface area contributed by atoms with E-state index in [4.69, 9.17) is 17.3 Å². The first-order valence-electron chi connectivity index (χ1n) is 6.04. The van der Waals surface area contributed by atoms with Crippen LogP contribution in [-0.4, -0.2) is 9.97 Å². The van der Waals surface area contributed by atoms with Crippen LogP contribution in [0.5, 0.6) is 0 Å². The van der Waals surface area contributed by atoms with Crippen molar-refractivity contribution >= 4 is 44.3 Å². The van der Waals surface area contributed by atoms with Crippen LogP contribution in [0.3, 0.4) is 0 Å². The Morgan fingerprint density at radius 3 is 2.75 bits per heavy atom. The summed E-state index contributed by atoms with van der Waals surface area (Å²) < 4.78 is 0.920. The van der Waals surface area contributed by atoms with Crippen LogP contribution in [-0.2, 0) is 0 Å². The van der Waals surface area contributed by atoms with Crippen molar-refractivity contribution < 1.29 is 0 Å². The van der Waals surface area contributed by atoms with E-state index in [1.165, 1.54) is 0 Å². The van der Waals surface area contributed by atoms with Crippen molar-refractivity contribution in [1.82, 2.24) is 9.97 Å². The highest BCUT2D eigenvalue weighted by Gasteiger charge is 2.12. The van der Waals surface area contributed by atoms with E-state index in [1.54, 1.807) is 0 Å². The van der Waals surface area contributed by atoms with Crippen molar-refractivity contribution in [3.05, 3.63) is 51.5 Å². The number of halogens is 2. The fourth-order valence-electron chi connectivity index (χ4n) is 2.11. The van der Waals surface area contributed by atoms with Crippen LogP contribution in [0.1, 0.15) is 5.56 Å². The largest absolute Gasteiger partial charge is 0.383 e. The molecule has 3 nitrogen and oxygen atoms in total. The zero-order chi connectivity index (χ0) is 14.3. The first-order chi connectivity index (χ1) is 9.56. The second-order valence-corrected chi connectivity index (χ2v) is 5.85. The van der Waals surface area contributed by atoms with Crippen LogP contribution in [0.25, 0.3) is 22.3 Å². The molecule has 0 aliphatic heterocycles. The molecule has 0 fully saturated rings. The number of hydrogen-bond donors (Lipinski definition) is 1. The summed E-state index contributed by atoms with van der Waals surface area (Å²) in [6, 6.07) is 11.4. The van der Waals surface area contributed by atoms with Gasteiger partial charge in [0.25, 0.3) is 0 Å². The topological polar surface area (TPSA) is 51.8 Å². The Labute approximate surface area is 129 Å². The number of anilines is 1. The maximum absolute atomic E-state index is 6.23. The minimum Gasteiger partial charge on any atom is -0.383 e. The molecule has 100 valence electrons. The first-order valence-corrected chi connectivity index (χ1v) is 7.21. The molecule has 20 heavy (non-hydrogen) atoms. The molecule has 0 saturated heterocycles. The van der Waals surface area contributed by atoms with E-state index in [0.717, 1.165) is 26.5 Å². The predicted octanol–water partition coefficient (Wildman–Crippen LogP) is 4.60. The number of aromatic nitrogens is 2. The third-order valence-electron chi connectivity index (χ3n) is 3.13. The van der Waals surface area contributed by atoms with Gasteiger partial charge in [-0.15, -0.1) is 0 Å². The monoisotopic (exact) mass is 347 g/mol. The van der Waals surface area contributed by atoms with Gasteiger partial charge >= 0.3 is 0 Å². The van der Waals surface area contributed by atoms with Gasteiger partial charge in [0, 0.05) is 15.4 Å². The number of benzene rings is 2. The van der Waals surface area contributed by atoms with Crippen LogP contribution >= 0.6 is 27.5 Å². The lowest BCUT2D eigenvalue weighted by molar-refractivity contribution is 1.22. The standard InChI is InChI=1S/C15H11BrClN3/c1-8-3-2-4-10-13(8)19-15(20-14(10)18)11-7-9(16)5-6-12(11)17/h2-7H,1H3,(H2,18,19,20). The van der Waals surface area contributed by atoms with Crippen LogP contribution < -0.4 is 5.73 Å². The van der Waals surface area contributed by atoms with E-state index in [1.807, 2.05) is 43.3 Å². The molecule has 0 radical (unpaired) electrons. The maximum atomic E-state index is 6.23. The zero-order valence-corrected chi connectivity index (χ0v) is 13.0. The van der Waals surface area contributed by atoms with Crippen LogP contribution in [0.15, 0.2) is 40.9 Å². The number of aryl methyl sites for hydroxylation is 1. The second kappa shape index (κ2) is 5.04. The average Bonchev–Trinajstić information content (AvgIpc) is 2.42. The van der Waals surface area contributed by atoms with Crippen molar-refractivity contribution in [3.8, 4) is 11.4 Å². The lowest BCUT2D eigenvalue weighted by Crippen LogP contribution is -1.99. The van der Waals surface area contributed by atoms with E-state index in [9.17, 15) is 0 Å². The van der Waals surface area contributed by atoms with E-state index in [-0.39, 0.29) is 0 Å². The molecular weight excluding hydrogens is 338 g/mol. The molecule has 0 amide bonds. The summed E-state index contributed by atoms with van der Waals surface area (Å²) in [5.74, 6) is 1.00. The molecule has 0 atom stereocenters. The van der Waals surface area contributed by atoms with E-state index in [0.29, 0.717) is 16.7 Å². The molecule has 1 heterocycles. The van der Waals surface area contributed by atoms with Gasteiger partial charge in [0.05, 0.1) is 10.5 Å². The summed E-state index contributed by atoms with van der Waals surface area (Å²) in [6.07, 6.45) is 0. The molecule has 0 spiro atoms. The Bertz CT molecular complexity index is 818. The number of nitrogens with zero attached hydrogens (tertiary/aromatic N) is 2. The number of nitrogens with two attached hydrogens (primary N) is 1. The van der Waals surface area contributed by atoms with Crippen molar-refractivity contribution in [2.75, 3.05) is 5.73 Å². The zero-order valence-electron chi connectivity index (χ0n) is 10.7. The normalized spacial score (nSPS) is 10.9. The highest BCUT2D eigenvalue weighted by atomic mass is 79.9. The van der Waals surface area contributed by atoms with Gasteiger partial charge in [0.15, 0.2) is 5.82 Å². The average molecular weight is 349 g/mol. The summed E-state index contributed by atoms with van der Waals surface area (Å²) in [7, 11) is 0. The van der Waals surface area contributed by atoms with Crippen molar-refractivity contribution in [2.24, 2.45) is 0 Å². The van der Waals surface area contributed by atoms with Gasteiger partial charge in [0.1, 0.15) is 5.82 Å². The summed E-state index contributed by atoms with van der Waals surface area (Å²) in [6.45, 7) is 2.00. The Morgan fingerprint density at radius 2 is 1.95 bits per heavy atom. The fourth-order valence-corrected chi connectivity index (χ4v) is 2.67. The Kier molecular flexibility index (Phi) is 3.36. The molecule has 0 unspecified atom stereocenters. The first kappa shape index (κ1) is 13.3. The van der Waals surface area contributed by atoms with Gasteiger partial charge in [-0.1, -0.05) is 39.7 Å². The van der Waals surface area contributed by atoms with Crippen LogP contribution in [0.4, 0.5) is 5.82 Å². The quantitative estimate of drug-likeness (QED) is 0.699. The molecule has 0 aliphatic carbocycles. The lowest BCUT2D eigenvalue weighted by atomic mass is 10.1. The Balaban J connectivity index is 2.32. The predicted molar refractivity (Wildman–Crippen MR) is 86.8 cm³/mol. The Hall–Kier alpha value is -1.65. The van der Waals surface area contributed by atoms with Gasteiger partial charge in [-0.3, -0.25) is 0 Å². The smallest absolute Gasteiger partial charge is 0.163 e. The molecule has 0 saturated carbocycles. The molecule has 2 aromatic carbocycles. The molecular formula is C15H11BrClN3. The van der Waals surface area contributed by atoms with Crippen LogP contribution in [0.2, 0.25) is 5.02 Å². The molecule has 1 aromatic heterocycles. The molecule has 3 rings (SSSR count). The highest BCUT2D eigenvalue weighted by Crippen LogP contribution is 2.31. The summed E-state index contributed by atoms with van der Waals surface area (Å²) in [5.41, 5.74) is 8.72. The van der Waals surface area contributed by atoms with Gasteiger partial charge in [0.2, 0.25) is 0 Å². The summed E-state index contributed by atoms with van der Waals surface area (Å²) >= 11 is 9.66. The van der Waals surface area contributed by atoms with E-state index in [2.05, 4.69) is 25.9 Å². The summed E-state index contributed by atoms with van der Waals surface area (Å²) in [4.78, 5) is 8.99. The molecule has 3 aromatic rings. The molecule has 2 N–H and O–H groups in total. The second-order valence-electron chi connectivity index (χ2n) is 4.53. The fraction of sp³-hybridized carbons (Fsp3) is 0.0667. The molecule has 0 bridgehead atoms. The number of fused-ring (bicyclic) bond motifs is 1. The SMILES string of the molecule is Cc1cccc2c(N)nc(-c3cc(Br)ccc3Cl)nc12. The summed E-state index contributed by atoms with van der Waals surface area (Å²) in [5, 5.41) is 1.46. The van der Waals surface area contributed by atoms with Crippen molar-refractivity contribution in [1.29, 1.82) is 0 Å². The third-order valence-corrected chi connectivity index (χ3v) is 3.95. The Morgan fingerprint density at radius 1 is 1.15 bits per heavy atom. The molecule has 0 aliphatic rings. The minimum atomic E-state index is 0.463. The minimum absolute atomic E-state index is 0.463. The number of para-hydroxylation sites is 1. The van der Waals surface area contributed by atoms with Gasteiger partial charge in [-0.2, -0.15) is 0 Å². The van der Waals surface area contributed by atoms with Crippen molar-refractivity contribution in [2.45, 2.75) is 6.92 Å². The van der Waals surface area contributed by atoms with E-state index >= 15 is 0 Å².